The Morgan fingerprint density at radius 3 is 2.71 bits per heavy atom. The number of aromatic nitrogens is 2. The second kappa shape index (κ2) is 9.57. The Hall–Kier alpha value is -4.47. The van der Waals surface area contributed by atoms with Crippen molar-refractivity contribution < 1.29 is 13.6 Å². The van der Waals surface area contributed by atoms with Gasteiger partial charge in [0, 0.05) is 45.0 Å². The molecule has 1 atom stereocenters. The highest BCUT2D eigenvalue weighted by Crippen LogP contribution is 2.30. The van der Waals surface area contributed by atoms with E-state index in [1.165, 1.54) is 11.1 Å². The quantitative estimate of drug-likeness (QED) is 0.397. The molecular formula is C21H20F2N10O. The van der Waals surface area contributed by atoms with Gasteiger partial charge in [-0.15, -0.1) is 0 Å². The van der Waals surface area contributed by atoms with Gasteiger partial charge < -0.3 is 21.1 Å². The molecule has 3 heterocycles. The average Bonchev–Trinajstić information content (AvgIpc) is 3.35. The number of rotatable bonds is 4. The largest absolute Gasteiger partial charge is 0.341 e. The van der Waals surface area contributed by atoms with Crippen LogP contribution in [-0.2, 0) is 0 Å². The molecule has 3 N–H and O–H groups in total. The van der Waals surface area contributed by atoms with Crippen molar-refractivity contribution in [2.75, 3.05) is 31.1 Å². The molecule has 174 valence electrons. The maximum Gasteiger partial charge on any atom is 0.341 e. The van der Waals surface area contributed by atoms with Crippen LogP contribution >= 0.6 is 0 Å². The highest BCUT2D eigenvalue weighted by atomic mass is 19.1. The number of carbonyl (C=O) groups excluding carboxylic acids is 1. The fourth-order valence-corrected chi connectivity index (χ4v) is 3.84. The van der Waals surface area contributed by atoms with Crippen LogP contribution in [-0.4, -0.2) is 70.2 Å². The third kappa shape index (κ3) is 4.38. The van der Waals surface area contributed by atoms with Crippen LogP contribution in [0.15, 0.2) is 34.6 Å². The van der Waals surface area contributed by atoms with Gasteiger partial charge in [-0.1, -0.05) is 0 Å². The summed E-state index contributed by atoms with van der Waals surface area (Å²) in [5.74, 6) is 4.13. The topological polar surface area (TPSA) is 151 Å². The summed E-state index contributed by atoms with van der Waals surface area (Å²) in [5, 5.41) is 25.3. The first kappa shape index (κ1) is 22.7. The van der Waals surface area contributed by atoms with Crippen molar-refractivity contribution in [1.29, 1.82) is 10.7 Å². The van der Waals surface area contributed by atoms with Gasteiger partial charge in [0.2, 0.25) is 5.95 Å². The van der Waals surface area contributed by atoms with E-state index in [0.29, 0.717) is 38.2 Å². The molecule has 0 spiro atoms. The summed E-state index contributed by atoms with van der Waals surface area (Å²) >= 11 is 0. The maximum atomic E-state index is 14.1. The lowest BCUT2D eigenvalue weighted by Gasteiger charge is -2.37. The number of piperazine rings is 1. The number of nitriles is 1. The molecule has 2 aliphatic heterocycles. The lowest BCUT2D eigenvalue weighted by atomic mass is 10.0. The molecule has 1 saturated heterocycles. The van der Waals surface area contributed by atoms with Gasteiger partial charge >= 0.3 is 6.03 Å². The monoisotopic (exact) mass is 466 g/mol. The van der Waals surface area contributed by atoms with Crippen LogP contribution in [0.25, 0.3) is 0 Å². The minimum Gasteiger partial charge on any atom is -0.337 e. The summed E-state index contributed by atoms with van der Waals surface area (Å²) in [6, 6.07) is 5.06. The number of hydrogen-bond donors (Lipinski definition) is 2. The van der Waals surface area contributed by atoms with Crippen molar-refractivity contribution in [1.82, 2.24) is 19.9 Å². The van der Waals surface area contributed by atoms with E-state index < -0.39 is 17.7 Å². The molecule has 34 heavy (non-hydrogen) atoms. The van der Waals surface area contributed by atoms with Gasteiger partial charge in [-0.25, -0.2) is 28.6 Å². The van der Waals surface area contributed by atoms with Gasteiger partial charge in [-0.05, 0) is 23.8 Å². The molecule has 0 aliphatic carbocycles. The second-order valence-electron chi connectivity index (χ2n) is 7.56. The molecule has 0 radical (unpaired) electrons. The van der Waals surface area contributed by atoms with Crippen LogP contribution in [0.1, 0.15) is 29.3 Å². The number of anilines is 1. The second-order valence-corrected chi connectivity index (χ2v) is 7.56. The Bertz CT molecular complexity index is 1220. The van der Waals surface area contributed by atoms with E-state index in [4.69, 9.17) is 16.5 Å². The third-order valence-corrected chi connectivity index (χ3v) is 5.54. The zero-order valence-electron chi connectivity index (χ0n) is 17.9. The van der Waals surface area contributed by atoms with Crippen molar-refractivity contribution in [2.24, 2.45) is 16.0 Å². The number of nitrogens with one attached hydrogen (secondary N) is 1. The van der Waals surface area contributed by atoms with E-state index >= 15 is 0 Å². The predicted molar refractivity (Wildman–Crippen MR) is 119 cm³/mol. The van der Waals surface area contributed by atoms with E-state index in [1.807, 2.05) is 6.07 Å². The minimum absolute atomic E-state index is 0.121. The number of nitrogens with two attached hydrogens (primary N) is 1. The van der Waals surface area contributed by atoms with Crippen molar-refractivity contribution >= 4 is 30.1 Å². The molecule has 0 saturated carbocycles. The lowest BCUT2D eigenvalue weighted by Crippen LogP contribution is -2.52. The summed E-state index contributed by atoms with van der Waals surface area (Å²) in [5.41, 5.74) is 0.371. The number of carbonyl (C=O) groups is 1. The molecule has 2 aromatic rings. The van der Waals surface area contributed by atoms with Crippen LogP contribution < -0.4 is 10.7 Å². The smallest absolute Gasteiger partial charge is 0.337 e. The Labute approximate surface area is 193 Å². The first-order valence-corrected chi connectivity index (χ1v) is 10.3. The van der Waals surface area contributed by atoms with Crippen molar-refractivity contribution in [2.45, 2.75) is 12.5 Å². The van der Waals surface area contributed by atoms with Crippen molar-refractivity contribution in [3.8, 4) is 6.07 Å². The van der Waals surface area contributed by atoms with Gasteiger partial charge in [-0.3, -0.25) is 0 Å². The number of urea groups is 1. The van der Waals surface area contributed by atoms with Gasteiger partial charge in [0.25, 0.3) is 0 Å². The van der Waals surface area contributed by atoms with E-state index in [1.54, 1.807) is 22.1 Å². The summed E-state index contributed by atoms with van der Waals surface area (Å²) in [6.07, 6.45) is 3.78. The number of nitrogens with zero attached hydrogens (tertiary/aromatic N) is 8. The van der Waals surface area contributed by atoms with Gasteiger partial charge in [0.1, 0.15) is 17.2 Å². The average molecular weight is 466 g/mol. The highest BCUT2D eigenvalue weighted by Gasteiger charge is 2.34. The molecule has 1 aromatic heterocycles. The number of hydrazone groups is 2. The maximum absolute atomic E-state index is 14.1. The Balaban J connectivity index is 1.45. The molecule has 4 rings (SSSR count). The zero-order chi connectivity index (χ0) is 24.2. The fraction of sp³-hybridized carbons (Fsp3) is 0.286. The minimum atomic E-state index is -0.750. The molecule has 1 aromatic carbocycles. The first-order valence-electron chi connectivity index (χ1n) is 10.3. The van der Waals surface area contributed by atoms with Gasteiger partial charge in [0.05, 0.1) is 23.9 Å². The molecule has 2 amide bonds. The highest BCUT2D eigenvalue weighted by molar-refractivity contribution is 6.36. The Morgan fingerprint density at radius 1 is 1.26 bits per heavy atom. The molecule has 13 heteroatoms. The molecule has 0 unspecified atom stereocenters. The lowest BCUT2D eigenvalue weighted by molar-refractivity contribution is 0.139. The number of benzene rings is 1. The third-order valence-electron chi connectivity index (χ3n) is 5.54. The number of amides is 2. The van der Waals surface area contributed by atoms with Crippen LogP contribution in [0.2, 0.25) is 0 Å². The first-order chi connectivity index (χ1) is 16.4. The van der Waals surface area contributed by atoms with Crippen LogP contribution in [0.5, 0.6) is 0 Å². The predicted octanol–water partition coefficient (Wildman–Crippen LogP) is 1.61. The van der Waals surface area contributed by atoms with Crippen molar-refractivity contribution in [3.63, 3.8) is 0 Å². The Morgan fingerprint density at radius 2 is 2.03 bits per heavy atom. The number of halogens is 2. The summed E-state index contributed by atoms with van der Waals surface area (Å²) < 4.78 is 28.0. The molecule has 2 aliphatic rings. The summed E-state index contributed by atoms with van der Waals surface area (Å²) in [6.45, 7) is 1.39. The van der Waals surface area contributed by atoms with E-state index in [2.05, 4.69) is 20.2 Å². The van der Waals surface area contributed by atoms with Crippen molar-refractivity contribution in [3.05, 3.63) is 52.9 Å². The molecule has 11 nitrogen and oxygen atoms in total. The van der Waals surface area contributed by atoms with E-state index in [9.17, 15) is 13.6 Å². The summed E-state index contributed by atoms with van der Waals surface area (Å²) in [4.78, 5) is 24.7. The fourth-order valence-electron chi connectivity index (χ4n) is 3.84. The Kier molecular flexibility index (Phi) is 6.39. The SMILES string of the molecule is N#Cc1cc(F)cc([C@@H]2CC=NN2C(=O)N2CCN(c3ncc(F)c(/C(C=N)=N/N)n3)CC2)c1. The molecule has 0 bridgehead atoms. The molecule has 1 fully saturated rings. The van der Waals surface area contributed by atoms with E-state index in [0.717, 1.165) is 18.5 Å². The molecular weight excluding hydrogens is 446 g/mol. The zero-order valence-corrected chi connectivity index (χ0v) is 17.9. The summed E-state index contributed by atoms with van der Waals surface area (Å²) in [7, 11) is 0. The normalized spacial score (nSPS) is 18.2. The van der Waals surface area contributed by atoms with Crippen LogP contribution in [0, 0.1) is 28.4 Å². The van der Waals surface area contributed by atoms with Gasteiger partial charge in [-0.2, -0.15) is 15.5 Å². The van der Waals surface area contributed by atoms with Crippen LogP contribution in [0.3, 0.4) is 0 Å². The van der Waals surface area contributed by atoms with Crippen LogP contribution in [0.4, 0.5) is 19.5 Å². The number of hydrogen-bond acceptors (Lipinski definition) is 9. The van der Waals surface area contributed by atoms with Gasteiger partial charge in [0.15, 0.2) is 5.82 Å². The standard InChI is InChI=1S/C21H20F2N10O/c22-15-8-13(10-24)7-14(9-15)18-1-2-28-33(18)21(34)32-5-3-31(4-6-32)20-27-12-16(23)19(29-20)17(11-25)30-26/h2,7-9,11-12,18,25H,1,3-6,26H2/b25-11?,30-17+/t18-/m0/s1. The van der Waals surface area contributed by atoms with E-state index in [-0.39, 0.29) is 28.9 Å².